The fraction of sp³-hybridized carbons (Fsp3) is 0.281. The highest BCUT2D eigenvalue weighted by atomic mass is 16.3. The molecule has 2 heteroatoms. The zero-order valence-electron chi connectivity index (χ0n) is 29.1. The number of hydrogen-bond donors (Lipinski definition) is 0. The third-order valence-electron chi connectivity index (χ3n) is 5.97. The van der Waals surface area contributed by atoms with Crippen LogP contribution in [-0.2, 0) is 6.37 Å². The average Bonchev–Trinajstić information content (AvgIpc) is 3.25. The number of aromatic nitrogens is 1. The first-order valence-corrected chi connectivity index (χ1v) is 11.4. The number of hydrogen-bond acceptors (Lipinski definition) is 1. The smallest absolute Gasteiger partial charge is 0.257 e. The maximum atomic E-state index is 9.00. The first-order chi connectivity index (χ1) is 19.7. The lowest BCUT2D eigenvalue weighted by Crippen LogP contribution is -2.35. The van der Waals surface area contributed by atoms with Crippen LogP contribution < -0.4 is 4.57 Å². The Hall–Kier alpha value is -3.39. The number of aryl methyl sites for hydroxylation is 4. The van der Waals surface area contributed by atoms with E-state index in [9.17, 15) is 0 Å². The van der Waals surface area contributed by atoms with Crippen molar-refractivity contribution in [2.75, 3.05) is 0 Å². The molecule has 0 spiro atoms. The number of rotatable bonds is 3. The van der Waals surface area contributed by atoms with Crippen LogP contribution in [0.1, 0.15) is 61.1 Å². The summed E-state index contributed by atoms with van der Waals surface area (Å²) in [4.78, 5) is 0. The summed E-state index contributed by atoms with van der Waals surface area (Å²) in [6, 6.07) is 15.4. The molecule has 0 aliphatic heterocycles. The summed E-state index contributed by atoms with van der Waals surface area (Å²) < 4.78 is 84.7. The van der Waals surface area contributed by atoms with Gasteiger partial charge in [-0.3, -0.25) is 0 Å². The van der Waals surface area contributed by atoms with Gasteiger partial charge in [-0.05, 0) is 66.8 Å². The highest BCUT2D eigenvalue weighted by Crippen LogP contribution is 2.34. The Kier molecular flexibility index (Phi) is 3.37. The van der Waals surface area contributed by atoms with Gasteiger partial charge in [0, 0.05) is 45.9 Å². The second-order valence-corrected chi connectivity index (χ2v) is 9.87. The van der Waals surface area contributed by atoms with Crippen molar-refractivity contribution in [1.29, 1.82) is 0 Å². The highest BCUT2D eigenvalue weighted by molar-refractivity contribution is 6.07. The highest BCUT2D eigenvalue weighted by Gasteiger charge is 2.24. The number of para-hydroxylation sites is 1. The molecular weight excluding hydrogens is 414 g/mol. The Morgan fingerprint density at radius 2 is 1.68 bits per heavy atom. The van der Waals surface area contributed by atoms with Crippen molar-refractivity contribution in [2.45, 2.75) is 54.7 Å². The Morgan fingerprint density at radius 3 is 2.44 bits per heavy atom. The largest absolute Gasteiger partial charge is 0.449 e. The van der Waals surface area contributed by atoms with Gasteiger partial charge < -0.3 is 4.42 Å². The molecule has 2 nitrogen and oxygen atoms in total. The SMILES string of the molecule is [2H]c1cc(C([2H])([2H])C(C)(C)C)cc(C([2H])([2H])[2H])c1-c1c[n+](-c2c(C)ccc3c2oc2ccccc23)c(C)cc1C([2H])([2H])[2H]. The predicted molar refractivity (Wildman–Crippen MR) is 143 cm³/mol. The van der Waals surface area contributed by atoms with Crippen molar-refractivity contribution in [3.63, 3.8) is 0 Å². The molecule has 172 valence electrons. The van der Waals surface area contributed by atoms with Crippen LogP contribution >= 0.6 is 0 Å². The maximum absolute atomic E-state index is 9.00. The summed E-state index contributed by atoms with van der Waals surface area (Å²) in [5, 5.41) is 1.81. The van der Waals surface area contributed by atoms with Gasteiger partial charge in [0.15, 0.2) is 11.9 Å². The fourth-order valence-electron chi connectivity index (χ4n) is 4.49. The van der Waals surface area contributed by atoms with Gasteiger partial charge in [0.2, 0.25) is 5.58 Å². The van der Waals surface area contributed by atoms with Crippen LogP contribution in [0.5, 0.6) is 0 Å². The molecule has 0 radical (unpaired) electrons. The van der Waals surface area contributed by atoms with Crippen LogP contribution in [-0.4, -0.2) is 0 Å². The molecule has 5 aromatic rings. The van der Waals surface area contributed by atoms with Gasteiger partial charge in [0.05, 0.1) is 1.37 Å². The summed E-state index contributed by atoms with van der Waals surface area (Å²) in [5.41, 5.74) is 2.18. The van der Waals surface area contributed by atoms with Crippen LogP contribution in [0.2, 0.25) is 0 Å². The molecule has 0 atom stereocenters. The molecule has 3 aromatic carbocycles. The average molecular weight is 458 g/mol. The van der Waals surface area contributed by atoms with Gasteiger partial charge in [-0.15, -0.1) is 0 Å². The van der Waals surface area contributed by atoms with Gasteiger partial charge >= 0.3 is 0 Å². The summed E-state index contributed by atoms with van der Waals surface area (Å²) in [6.07, 6.45) is -0.387. The van der Waals surface area contributed by atoms with E-state index in [4.69, 9.17) is 16.8 Å². The number of fused-ring (bicyclic) bond motifs is 3. The van der Waals surface area contributed by atoms with Gasteiger partial charge in [-0.2, -0.15) is 4.57 Å². The second kappa shape index (κ2) is 8.13. The fourth-order valence-corrected chi connectivity index (χ4v) is 4.49. The molecule has 0 N–H and O–H groups in total. The van der Waals surface area contributed by atoms with Crippen molar-refractivity contribution >= 4 is 21.9 Å². The van der Waals surface area contributed by atoms with E-state index in [0.29, 0.717) is 22.5 Å². The summed E-state index contributed by atoms with van der Waals surface area (Å²) >= 11 is 0. The normalized spacial score (nSPS) is 17.1. The van der Waals surface area contributed by atoms with Gasteiger partial charge in [-0.1, -0.05) is 63.2 Å². The topological polar surface area (TPSA) is 17.0 Å². The van der Waals surface area contributed by atoms with Crippen molar-refractivity contribution in [3.05, 3.63) is 94.8 Å². The lowest BCUT2D eigenvalue weighted by molar-refractivity contribution is -0.601. The van der Waals surface area contributed by atoms with Crippen LogP contribution in [0.3, 0.4) is 0 Å². The molecular formula is C32H34NO+. The molecule has 0 fully saturated rings. The van der Waals surface area contributed by atoms with E-state index in [-0.39, 0.29) is 33.9 Å². The molecule has 0 aliphatic carbocycles. The molecule has 0 bridgehead atoms. The van der Waals surface area contributed by atoms with E-state index in [1.807, 2.05) is 43.3 Å². The molecule has 0 unspecified atom stereocenters. The summed E-state index contributed by atoms with van der Waals surface area (Å²) in [5.74, 6) is 0. The molecule has 34 heavy (non-hydrogen) atoms. The third kappa shape index (κ3) is 3.92. The monoisotopic (exact) mass is 457 g/mol. The Morgan fingerprint density at radius 1 is 0.912 bits per heavy atom. The molecule has 2 aromatic heterocycles. The predicted octanol–water partition coefficient (Wildman–Crippen LogP) is 8.35. The van der Waals surface area contributed by atoms with Gasteiger partial charge in [0.25, 0.3) is 5.69 Å². The summed E-state index contributed by atoms with van der Waals surface area (Å²) in [7, 11) is 0. The van der Waals surface area contributed by atoms with E-state index < -0.39 is 25.5 Å². The Balaban J connectivity index is 1.90. The van der Waals surface area contributed by atoms with Gasteiger partial charge in [0.1, 0.15) is 5.58 Å². The first-order valence-electron chi connectivity index (χ1n) is 15.9. The van der Waals surface area contributed by atoms with E-state index in [2.05, 4.69) is 0 Å². The number of pyridine rings is 1. The van der Waals surface area contributed by atoms with Crippen molar-refractivity contribution in [1.82, 2.24) is 0 Å². The molecule has 0 saturated heterocycles. The van der Waals surface area contributed by atoms with Crippen molar-refractivity contribution in [2.24, 2.45) is 5.41 Å². The minimum atomic E-state index is -2.76. The maximum Gasteiger partial charge on any atom is 0.257 e. The van der Waals surface area contributed by atoms with E-state index in [0.717, 1.165) is 16.3 Å². The third-order valence-corrected chi connectivity index (χ3v) is 5.97. The lowest BCUT2D eigenvalue weighted by atomic mass is 9.86. The molecule has 5 rings (SSSR count). The molecule has 0 saturated carbocycles. The second-order valence-electron chi connectivity index (χ2n) is 9.87. The molecule has 0 amide bonds. The lowest BCUT2D eigenvalue weighted by Gasteiger charge is -2.19. The zero-order chi connectivity index (χ0) is 31.9. The van der Waals surface area contributed by atoms with Gasteiger partial charge in [-0.25, -0.2) is 0 Å². The van der Waals surface area contributed by atoms with Crippen LogP contribution in [0.15, 0.2) is 71.3 Å². The van der Waals surface area contributed by atoms with E-state index in [1.54, 1.807) is 38.5 Å². The molecule has 2 heterocycles. The van der Waals surface area contributed by atoms with Crippen molar-refractivity contribution < 1.29 is 21.3 Å². The summed E-state index contributed by atoms with van der Waals surface area (Å²) in [6.45, 7) is 3.41. The Bertz CT molecular complexity index is 1890. The molecule has 0 aliphatic rings. The number of nitrogens with zero attached hydrogens (tertiary/aromatic N) is 1. The number of benzene rings is 3. The zero-order valence-corrected chi connectivity index (χ0v) is 20.1. The standard InChI is InChI=1S/C32H34NO/c1-20-12-14-27-26-10-8-9-11-29(26)34-31(27)30(20)33-19-28(21(2)16-23(33)4)25-15-13-24(17-22(25)3)18-32(5,6)7/h8-17,19H,18H2,1-7H3/q+1/i2D3,3D3,15D,18D2. The van der Waals surface area contributed by atoms with Crippen LogP contribution in [0.4, 0.5) is 0 Å². The quantitative estimate of drug-likeness (QED) is 0.249. The van der Waals surface area contributed by atoms with E-state index >= 15 is 0 Å². The number of furan rings is 1. The van der Waals surface area contributed by atoms with Crippen LogP contribution in [0.25, 0.3) is 38.8 Å². The Labute approximate surface area is 215 Å². The first kappa shape index (κ1) is 14.1. The van der Waals surface area contributed by atoms with E-state index in [1.165, 1.54) is 18.2 Å². The van der Waals surface area contributed by atoms with Crippen molar-refractivity contribution in [3.8, 4) is 16.8 Å². The minimum absolute atomic E-state index is 0.0539. The minimum Gasteiger partial charge on any atom is -0.449 e. The van der Waals surface area contributed by atoms with Crippen LogP contribution in [0, 0.1) is 33.0 Å².